The fourth-order valence-electron chi connectivity index (χ4n) is 2.02. The smallest absolute Gasteiger partial charge is 0.227 e. The summed E-state index contributed by atoms with van der Waals surface area (Å²) in [4.78, 5) is 18.0. The molecule has 1 amide bonds. The summed E-state index contributed by atoms with van der Waals surface area (Å²) in [6.07, 6.45) is 3.86. The maximum absolute atomic E-state index is 12.3. The summed E-state index contributed by atoms with van der Waals surface area (Å²) in [5, 5.41) is 0. The van der Waals surface area contributed by atoms with Gasteiger partial charge in [0.25, 0.3) is 0 Å². The Morgan fingerprint density at radius 2 is 1.80 bits per heavy atom. The number of hydrogen-bond donors (Lipinski definition) is 1. The van der Waals surface area contributed by atoms with Crippen molar-refractivity contribution in [2.24, 2.45) is 0 Å². The molecule has 4 heteroatoms. The van der Waals surface area contributed by atoms with E-state index < -0.39 is 0 Å². The number of hydrogen-bond acceptors (Lipinski definition) is 3. The van der Waals surface area contributed by atoms with Crippen LogP contribution >= 0.6 is 0 Å². The quantitative estimate of drug-likeness (QED) is 0.867. The number of rotatable bonds is 4. The third kappa shape index (κ3) is 3.35. The summed E-state index contributed by atoms with van der Waals surface area (Å²) in [6.45, 7) is 2.01. The molecular formula is C16H19N3O. The molecule has 0 aliphatic rings. The maximum atomic E-state index is 12.3. The number of nitrogens with two attached hydrogens (primary N) is 1. The lowest BCUT2D eigenvalue weighted by molar-refractivity contribution is -0.131. The van der Waals surface area contributed by atoms with E-state index in [1.54, 1.807) is 17.3 Å². The Morgan fingerprint density at radius 1 is 1.20 bits per heavy atom. The number of nitrogen functional groups attached to an aromatic ring is 1. The van der Waals surface area contributed by atoms with Crippen molar-refractivity contribution in [3.8, 4) is 0 Å². The summed E-state index contributed by atoms with van der Waals surface area (Å²) in [7, 11) is 1.82. The molecule has 1 unspecified atom stereocenters. The minimum atomic E-state index is 0.0271. The van der Waals surface area contributed by atoms with E-state index in [1.165, 1.54) is 0 Å². The number of anilines is 1. The van der Waals surface area contributed by atoms with Crippen LogP contribution in [0.25, 0.3) is 0 Å². The summed E-state index contributed by atoms with van der Waals surface area (Å²) in [6, 6.07) is 11.3. The molecule has 2 N–H and O–H groups in total. The molecule has 0 radical (unpaired) electrons. The SMILES string of the molecule is CC(c1ccncc1)N(C)C(=O)Cc1ccc(N)cc1. The van der Waals surface area contributed by atoms with E-state index in [2.05, 4.69) is 4.98 Å². The molecule has 2 aromatic rings. The van der Waals surface area contributed by atoms with Crippen LogP contribution in [0, 0.1) is 0 Å². The lowest BCUT2D eigenvalue weighted by atomic mass is 10.1. The van der Waals surface area contributed by atoms with Gasteiger partial charge in [-0.25, -0.2) is 0 Å². The molecule has 104 valence electrons. The molecule has 4 nitrogen and oxygen atoms in total. The molecule has 1 atom stereocenters. The number of nitrogens with zero attached hydrogens (tertiary/aromatic N) is 2. The van der Waals surface area contributed by atoms with Gasteiger partial charge in [0.15, 0.2) is 0 Å². The van der Waals surface area contributed by atoms with Gasteiger partial charge in [0.2, 0.25) is 5.91 Å². The van der Waals surface area contributed by atoms with Crippen molar-refractivity contribution < 1.29 is 4.79 Å². The average Bonchev–Trinajstić information content (AvgIpc) is 2.49. The van der Waals surface area contributed by atoms with Gasteiger partial charge in [0.05, 0.1) is 12.5 Å². The zero-order valence-electron chi connectivity index (χ0n) is 11.8. The van der Waals surface area contributed by atoms with Gasteiger partial charge in [-0.05, 0) is 42.3 Å². The number of benzene rings is 1. The van der Waals surface area contributed by atoms with Crippen LogP contribution in [0.5, 0.6) is 0 Å². The second-order valence-electron chi connectivity index (χ2n) is 4.88. The standard InChI is InChI=1S/C16H19N3O/c1-12(14-7-9-18-10-8-14)19(2)16(20)11-13-3-5-15(17)6-4-13/h3-10,12H,11,17H2,1-2H3. The Morgan fingerprint density at radius 3 is 2.40 bits per heavy atom. The Kier molecular flexibility index (Phi) is 4.35. The topological polar surface area (TPSA) is 59.2 Å². The first kappa shape index (κ1) is 14.1. The van der Waals surface area contributed by atoms with Crippen molar-refractivity contribution in [2.75, 3.05) is 12.8 Å². The normalized spacial score (nSPS) is 11.9. The van der Waals surface area contributed by atoms with Crippen LogP contribution in [-0.4, -0.2) is 22.8 Å². The first-order valence-corrected chi connectivity index (χ1v) is 6.58. The summed E-state index contributed by atoms with van der Waals surface area (Å²) in [5.41, 5.74) is 8.40. The van der Waals surface area contributed by atoms with E-state index in [4.69, 9.17) is 5.73 Å². The fourth-order valence-corrected chi connectivity index (χ4v) is 2.02. The average molecular weight is 269 g/mol. The zero-order valence-corrected chi connectivity index (χ0v) is 11.8. The van der Waals surface area contributed by atoms with E-state index in [-0.39, 0.29) is 11.9 Å². The molecule has 0 saturated heterocycles. The summed E-state index contributed by atoms with van der Waals surface area (Å²) in [5.74, 6) is 0.0825. The van der Waals surface area contributed by atoms with Gasteiger partial charge in [-0.2, -0.15) is 0 Å². The highest BCUT2D eigenvalue weighted by molar-refractivity contribution is 5.79. The zero-order chi connectivity index (χ0) is 14.5. The predicted octanol–water partition coefficient (Wildman–Crippen LogP) is 2.43. The molecule has 1 heterocycles. The first-order valence-electron chi connectivity index (χ1n) is 6.58. The number of carbonyl (C=O) groups excluding carboxylic acids is 1. The fraction of sp³-hybridized carbons (Fsp3) is 0.250. The van der Waals surface area contributed by atoms with Crippen LogP contribution in [0.4, 0.5) is 5.69 Å². The van der Waals surface area contributed by atoms with Crippen LogP contribution in [0.15, 0.2) is 48.8 Å². The van der Waals surface area contributed by atoms with Crippen molar-refractivity contribution in [2.45, 2.75) is 19.4 Å². The van der Waals surface area contributed by atoms with Crippen molar-refractivity contribution in [3.63, 3.8) is 0 Å². The molecular weight excluding hydrogens is 250 g/mol. The van der Waals surface area contributed by atoms with Gasteiger partial charge in [-0.15, -0.1) is 0 Å². The minimum Gasteiger partial charge on any atom is -0.399 e. The number of pyridine rings is 1. The highest BCUT2D eigenvalue weighted by Crippen LogP contribution is 2.18. The summed E-state index contributed by atoms with van der Waals surface area (Å²) >= 11 is 0. The third-order valence-corrected chi connectivity index (χ3v) is 3.50. The molecule has 1 aromatic carbocycles. The van der Waals surface area contributed by atoms with Crippen LogP contribution < -0.4 is 5.73 Å². The van der Waals surface area contributed by atoms with Gasteiger partial charge in [0, 0.05) is 25.1 Å². The highest BCUT2D eigenvalue weighted by atomic mass is 16.2. The monoisotopic (exact) mass is 269 g/mol. The molecule has 20 heavy (non-hydrogen) atoms. The second kappa shape index (κ2) is 6.19. The van der Waals surface area contributed by atoms with Gasteiger partial charge in [0.1, 0.15) is 0 Å². The maximum Gasteiger partial charge on any atom is 0.227 e. The summed E-state index contributed by atoms with van der Waals surface area (Å²) < 4.78 is 0. The largest absolute Gasteiger partial charge is 0.399 e. The molecule has 1 aromatic heterocycles. The molecule has 0 bridgehead atoms. The Bertz CT molecular complexity index is 566. The Balaban J connectivity index is 2.03. The van der Waals surface area contributed by atoms with Crippen LogP contribution in [0.1, 0.15) is 24.1 Å². The van der Waals surface area contributed by atoms with Crippen molar-refractivity contribution in [1.29, 1.82) is 0 Å². The number of aromatic nitrogens is 1. The van der Waals surface area contributed by atoms with Crippen molar-refractivity contribution in [1.82, 2.24) is 9.88 Å². The number of carbonyl (C=O) groups is 1. The third-order valence-electron chi connectivity index (χ3n) is 3.50. The lowest BCUT2D eigenvalue weighted by Crippen LogP contribution is -2.30. The molecule has 0 aliphatic heterocycles. The van der Waals surface area contributed by atoms with E-state index in [0.717, 1.165) is 11.1 Å². The van der Waals surface area contributed by atoms with E-state index >= 15 is 0 Å². The predicted molar refractivity (Wildman–Crippen MR) is 80.0 cm³/mol. The van der Waals surface area contributed by atoms with E-state index in [9.17, 15) is 4.79 Å². The molecule has 2 rings (SSSR count). The first-order chi connectivity index (χ1) is 9.58. The lowest BCUT2D eigenvalue weighted by Gasteiger charge is -2.25. The highest BCUT2D eigenvalue weighted by Gasteiger charge is 2.17. The van der Waals surface area contributed by atoms with Crippen molar-refractivity contribution in [3.05, 3.63) is 59.9 Å². The van der Waals surface area contributed by atoms with Gasteiger partial charge in [-0.1, -0.05) is 12.1 Å². The Hall–Kier alpha value is -2.36. The van der Waals surface area contributed by atoms with Crippen LogP contribution in [0.3, 0.4) is 0 Å². The van der Waals surface area contributed by atoms with Crippen molar-refractivity contribution >= 4 is 11.6 Å². The van der Waals surface area contributed by atoms with Gasteiger partial charge >= 0.3 is 0 Å². The van der Waals surface area contributed by atoms with E-state index in [0.29, 0.717) is 12.1 Å². The van der Waals surface area contributed by atoms with E-state index in [1.807, 2.05) is 50.4 Å². The number of likely N-dealkylation sites (N-methyl/N-ethyl adjacent to an activating group) is 1. The molecule has 0 fully saturated rings. The molecule has 0 saturated carbocycles. The number of amides is 1. The minimum absolute atomic E-state index is 0.0271. The molecule has 0 aliphatic carbocycles. The van der Waals surface area contributed by atoms with Gasteiger partial charge in [-0.3, -0.25) is 9.78 Å². The van der Waals surface area contributed by atoms with Crippen LogP contribution in [0.2, 0.25) is 0 Å². The van der Waals surface area contributed by atoms with Gasteiger partial charge < -0.3 is 10.6 Å². The van der Waals surface area contributed by atoms with Crippen LogP contribution in [-0.2, 0) is 11.2 Å². The Labute approximate surface area is 119 Å². The molecule has 0 spiro atoms. The second-order valence-corrected chi connectivity index (χ2v) is 4.88.